The van der Waals surface area contributed by atoms with Crippen molar-refractivity contribution in [2.75, 3.05) is 13.1 Å². The first-order chi connectivity index (χ1) is 5.84. The van der Waals surface area contributed by atoms with E-state index in [4.69, 9.17) is 0 Å². The van der Waals surface area contributed by atoms with E-state index in [1.54, 1.807) is 0 Å². The molecule has 1 aliphatic heterocycles. The largest absolute Gasteiger partial charge is 0.353 e. The quantitative estimate of drug-likeness (QED) is 0.617. The summed E-state index contributed by atoms with van der Waals surface area (Å²) in [5.41, 5.74) is 0. The van der Waals surface area contributed by atoms with Crippen molar-refractivity contribution in [3.05, 3.63) is 0 Å². The molecule has 0 aliphatic carbocycles. The van der Waals surface area contributed by atoms with E-state index >= 15 is 0 Å². The minimum absolute atomic E-state index is 0.0506. The highest BCUT2D eigenvalue weighted by atomic mass is 16.2. The molecule has 1 N–H and O–H groups in total. The molecule has 0 aromatic rings. The van der Waals surface area contributed by atoms with Crippen molar-refractivity contribution in [3.63, 3.8) is 0 Å². The second-order valence-electron chi connectivity index (χ2n) is 3.21. The Labute approximate surface area is 73.9 Å². The summed E-state index contributed by atoms with van der Waals surface area (Å²) in [6, 6.07) is -0.0506. The first-order valence-electron chi connectivity index (χ1n) is 4.79. The smallest absolute Gasteiger partial charge is 0.238 e. The van der Waals surface area contributed by atoms with Gasteiger partial charge in [-0.25, -0.2) is 5.32 Å². The Morgan fingerprint density at radius 1 is 1.58 bits per heavy atom. The van der Waals surface area contributed by atoms with Crippen molar-refractivity contribution in [1.29, 1.82) is 0 Å². The molecule has 0 bridgehead atoms. The first kappa shape index (κ1) is 9.52. The van der Waals surface area contributed by atoms with Crippen molar-refractivity contribution in [2.24, 2.45) is 0 Å². The molecule has 1 saturated heterocycles. The van der Waals surface area contributed by atoms with Crippen molar-refractivity contribution < 1.29 is 4.79 Å². The molecule has 0 aromatic heterocycles. The third-order valence-corrected chi connectivity index (χ3v) is 2.14. The fourth-order valence-corrected chi connectivity index (χ4v) is 1.41. The fraction of sp³-hybridized carbons (Fsp3) is 0.889. The van der Waals surface area contributed by atoms with Crippen LogP contribution in [0.3, 0.4) is 0 Å². The second kappa shape index (κ2) is 5.14. The monoisotopic (exact) mass is 169 g/mol. The number of unbranched alkanes of at least 4 members (excludes halogenated alkanes) is 2. The Bertz CT molecular complexity index is 147. The van der Waals surface area contributed by atoms with Crippen molar-refractivity contribution >= 4 is 5.91 Å². The van der Waals surface area contributed by atoms with Gasteiger partial charge < -0.3 is 5.32 Å². The second-order valence-corrected chi connectivity index (χ2v) is 3.21. The normalized spacial score (nSPS) is 23.8. The van der Waals surface area contributed by atoms with E-state index in [0.29, 0.717) is 0 Å². The van der Waals surface area contributed by atoms with Gasteiger partial charge in [0, 0.05) is 13.1 Å². The van der Waals surface area contributed by atoms with Gasteiger partial charge >= 0.3 is 0 Å². The highest BCUT2D eigenvalue weighted by Gasteiger charge is 2.21. The zero-order chi connectivity index (χ0) is 8.81. The van der Waals surface area contributed by atoms with E-state index < -0.39 is 0 Å². The molecule has 69 valence electrons. The van der Waals surface area contributed by atoms with E-state index in [2.05, 4.69) is 17.6 Å². The van der Waals surface area contributed by atoms with Gasteiger partial charge in [0.05, 0.1) is 0 Å². The summed E-state index contributed by atoms with van der Waals surface area (Å²) in [5, 5.41) is 7.10. The molecule has 3 nitrogen and oxygen atoms in total. The van der Waals surface area contributed by atoms with Gasteiger partial charge in [-0.05, 0) is 6.42 Å². The highest BCUT2D eigenvalue weighted by Crippen LogP contribution is 2.05. The first-order valence-corrected chi connectivity index (χ1v) is 4.79. The maximum absolute atomic E-state index is 11.2. The molecular formula is C9H17N2O. The summed E-state index contributed by atoms with van der Waals surface area (Å²) in [6.45, 7) is 3.68. The molecule has 3 heteroatoms. The zero-order valence-corrected chi connectivity index (χ0v) is 7.68. The molecular weight excluding hydrogens is 152 g/mol. The van der Waals surface area contributed by atoms with E-state index in [1.807, 2.05) is 0 Å². The number of hydrogen-bond acceptors (Lipinski definition) is 1. The van der Waals surface area contributed by atoms with Gasteiger partial charge in [-0.15, -0.1) is 0 Å². The predicted molar refractivity (Wildman–Crippen MR) is 47.9 cm³/mol. The minimum Gasteiger partial charge on any atom is -0.353 e. The third-order valence-electron chi connectivity index (χ3n) is 2.14. The Balaban J connectivity index is 2.16. The number of carbonyl (C=O) groups is 1. The number of nitrogens with one attached hydrogen (secondary N) is 1. The lowest BCUT2D eigenvalue weighted by Gasteiger charge is -2.21. The van der Waals surface area contributed by atoms with Gasteiger partial charge in [0.15, 0.2) is 0 Å². The van der Waals surface area contributed by atoms with Crippen LogP contribution in [-0.4, -0.2) is 25.0 Å². The van der Waals surface area contributed by atoms with Gasteiger partial charge in [0.2, 0.25) is 5.91 Å². The molecule has 1 rings (SSSR count). The van der Waals surface area contributed by atoms with Crippen LogP contribution < -0.4 is 10.6 Å². The number of carbonyl (C=O) groups excluding carboxylic acids is 1. The lowest BCUT2D eigenvalue weighted by atomic mass is 10.1. The van der Waals surface area contributed by atoms with E-state index in [0.717, 1.165) is 25.9 Å². The lowest BCUT2D eigenvalue weighted by Crippen LogP contribution is -2.48. The topological polar surface area (TPSA) is 43.2 Å². The van der Waals surface area contributed by atoms with Crippen LogP contribution in [0.5, 0.6) is 0 Å². The average Bonchev–Trinajstić information content (AvgIpc) is 2.09. The number of hydrogen-bond donors (Lipinski definition) is 1. The molecule has 0 spiro atoms. The van der Waals surface area contributed by atoms with Crippen LogP contribution >= 0.6 is 0 Å². The van der Waals surface area contributed by atoms with Crippen LogP contribution in [0.25, 0.3) is 0 Å². The van der Waals surface area contributed by atoms with Crippen LogP contribution in [0.1, 0.15) is 32.6 Å². The summed E-state index contributed by atoms with van der Waals surface area (Å²) in [4.78, 5) is 11.2. The molecule has 1 amide bonds. The van der Waals surface area contributed by atoms with Crippen molar-refractivity contribution in [1.82, 2.24) is 10.6 Å². The maximum atomic E-state index is 11.2. The Kier molecular flexibility index (Phi) is 4.08. The minimum atomic E-state index is -0.0506. The van der Waals surface area contributed by atoms with Gasteiger partial charge in [0.1, 0.15) is 6.04 Å². The molecule has 1 unspecified atom stereocenters. The van der Waals surface area contributed by atoms with Gasteiger partial charge in [-0.1, -0.05) is 26.2 Å². The van der Waals surface area contributed by atoms with Crippen LogP contribution in [-0.2, 0) is 4.79 Å². The van der Waals surface area contributed by atoms with Crippen molar-refractivity contribution in [2.45, 2.75) is 38.6 Å². The summed E-state index contributed by atoms with van der Waals surface area (Å²) in [6.07, 6.45) is 4.46. The average molecular weight is 169 g/mol. The molecule has 1 radical (unpaired) electrons. The van der Waals surface area contributed by atoms with Gasteiger partial charge in [-0.2, -0.15) is 0 Å². The van der Waals surface area contributed by atoms with Crippen LogP contribution in [0.15, 0.2) is 0 Å². The number of nitrogens with zero attached hydrogens (tertiary/aromatic N) is 1. The molecule has 1 aliphatic rings. The molecule has 0 saturated carbocycles. The van der Waals surface area contributed by atoms with E-state index in [-0.39, 0.29) is 11.9 Å². The number of rotatable bonds is 4. The lowest BCUT2D eigenvalue weighted by molar-refractivity contribution is -0.124. The number of amides is 1. The molecule has 0 aromatic carbocycles. The third kappa shape index (κ3) is 2.81. The summed E-state index contributed by atoms with van der Waals surface area (Å²) < 4.78 is 0. The van der Waals surface area contributed by atoms with Gasteiger partial charge in [0.25, 0.3) is 0 Å². The maximum Gasteiger partial charge on any atom is 0.238 e. The van der Waals surface area contributed by atoms with Gasteiger partial charge in [-0.3, -0.25) is 4.79 Å². The summed E-state index contributed by atoms with van der Waals surface area (Å²) in [5.74, 6) is 0.123. The van der Waals surface area contributed by atoms with Crippen LogP contribution in [0.4, 0.5) is 0 Å². The molecule has 1 fully saturated rings. The summed E-state index contributed by atoms with van der Waals surface area (Å²) >= 11 is 0. The highest BCUT2D eigenvalue weighted by molar-refractivity contribution is 5.82. The predicted octanol–water partition coefficient (Wildman–Crippen LogP) is 0.669. The standard InChI is InChI=1S/C9H17N2O/c1-2-3-4-5-8-9(12)11-7-6-10-8/h8H,2-7H2,1H3,(H,11,12). The van der Waals surface area contributed by atoms with Crippen molar-refractivity contribution in [3.8, 4) is 0 Å². The van der Waals surface area contributed by atoms with Crippen LogP contribution in [0, 0.1) is 0 Å². The molecule has 1 atom stereocenters. The number of piperazine rings is 1. The Morgan fingerprint density at radius 2 is 2.42 bits per heavy atom. The molecule has 12 heavy (non-hydrogen) atoms. The Hall–Kier alpha value is -0.570. The molecule has 1 heterocycles. The summed E-state index contributed by atoms with van der Waals surface area (Å²) in [7, 11) is 0. The fourth-order valence-electron chi connectivity index (χ4n) is 1.41. The van der Waals surface area contributed by atoms with E-state index in [9.17, 15) is 4.79 Å². The zero-order valence-electron chi connectivity index (χ0n) is 7.68. The van der Waals surface area contributed by atoms with E-state index in [1.165, 1.54) is 12.8 Å². The van der Waals surface area contributed by atoms with Crippen LogP contribution in [0.2, 0.25) is 0 Å². The Morgan fingerprint density at radius 3 is 3.08 bits per heavy atom. The SMILES string of the molecule is CCCCCC1[N]CCNC1=O.